The topological polar surface area (TPSA) is 58.6 Å². The fourth-order valence-electron chi connectivity index (χ4n) is 3.03. The van der Waals surface area contributed by atoms with Crippen molar-refractivity contribution in [2.24, 2.45) is 0 Å². The number of urea groups is 1. The Morgan fingerprint density at radius 2 is 1.89 bits per heavy atom. The minimum absolute atomic E-state index is 0.104. The van der Waals surface area contributed by atoms with Gasteiger partial charge in [0.1, 0.15) is 5.54 Å². The molecule has 0 aromatic heterocycles. The Labute approximate surface area is 114 Å². The summed E-state index contributed by atoms with van der Waals surface area (Å²) in [6.07, 6.45) is 5.50. The Bertz CT molecular complexity index is 373. The first-order valence-corrected chi connectivity index (χ1v) is 7.09. The molecule has 1 heterocycles. The van der Waals surface area contributed by atoms with Crippen LogP contribution in [0, 0.1) is 0 Å². The molecule has 5 nitrogen and oxygen atoms in total. The molecular formula is C14H24N2O3. The Balaban J connectivity index is 2.12. The second-order valence-electron chi connectivity index (χ2n) is 6.22. The van der Waals surface area contributed by atoms with Crippen molar-refractivity contribution in [3.63, 3.8) is 0 Å². The van der Waals surface area contributed by atoms with Gasteiger partial charge in [0.25, 0.3) is 5.91 Å². The number of methoxy groups -OCH3 is 1. The number of nitrogens with one attached hydrogen (secondary N) is 1. The lowest BCUT2D eigenvalue weighted by Crippen LogP contribution is -2.52. The molecular weight excluding hydrogens is 244 g/mol. The van der Waals surface area contributed by atoms with E-state index < -0.39 is 5.54 Å². The minimum Gasteiger partial charge on any atom is -0.379 e. The average molecular weight is 268 g/mol. The van der Waals surface area contributed by atoms with E-state index in [9.17, 15) is 9.59 Å². The van der Waals surface area contributed by atoms with E-state index >= 15 is 0 Å². The van der Waals surface area contributed by atoms with Crippen molar-refractivity contribution in [2.45, 2.75) is 63.5 Å². The van der Waals surface area contributed by atoms with Crippen LogP contribution in [0.25, 0.3) is 0 Å². The van der Waals surface area contributed by atoms with Gasteiger partial charge in [0, 0.05) is 13.7 Å². The molecule has 0 bridgehead atoms. The molecule has 0 radical (unpaired) electrons. The molecule has 0 unspecified atom stereocenters. The number of amides is 3. The molecule has 0 aromatic rings. The van der Waals surface area contributed by atoms with Gasteiger partial charge in [-0.25, -0.2) is 4.79 Å². The van der Waals surface area contributed by atoms with E-state index in [1.54, 1.807) is 12.0 Å². The van der Waals surface area contributed by atoms with Crippen LogP contribution < -0.4 is 5.32 Å². The van der Waals surface area contributed by atoms with Crippen LogP contribution in [0.2, 0.25) is 0 Å². The number of carbonyl (C=O) groups is 2. The van der Waals surface area contributed by atoms with E-state index in [0.29, 0.717) is 6.54 Å². The Hall–Kier alpha value is -1.10. The molecule has 108 valence electrons. The van der Waals surface area contributed by atoms with Crippen molar-refractivity contribution in [1.29, 1.82) is 0 Å². The van der Waals surface area contributed by atoms with Crippen molar-refractivity contribution < 1.29 is 14.3 Å². The molecule has 1 aliphatic heterocycles. The van der Waals surface area contributed by atoms with Gasteiger partial charge in [-0.3, -0.25) is 10.1 Å². The molecule has 1 spiro atoms. The highest BCUT2D eigenvalue weighted by molar-refractivity contribution is 6.07. The maximum Gasteiger partial charge on any atom is 0.325 e. The fourth-order valence-corrected chi connectivity index (χ4v) is 3.03. The number of hydrogen-bond acceptors (Lipinski definition) is 3. The van der Waals surface area contributed by atoms with E-state index in [4.69, 9.17) is 4.74 Å². The first-order chi connectivity index (χ1) is 8.91. The highest BCUT2D eigenvalue weighted by Gasteiger charge is 2.52. The van der Waals surface area contributed by atoms with Gasteiger partial charge >= 0.3 is 6.03 Å². The van der Waals surface area contributed by atoms with E-state index in [0.717, 1.165) is 38.5 Å². The van der Waals surface area contributed by atoms with Crippen molar-refractivity contribution in [2.75, 3.05) is 13.7 Å². The van der Waals surface area contributed by atoms with Crippen molar-refractivity contribution in [1.82, 2.24) is 10.2 Å². The summed E-state index contributed by atoms with van der Waals surface area (Å²) in [4.78, 5) is 25.9. The maximum atomic E-state index is 12.2. The summed E-state index contributed by atoms with van der Waals surface area (Å²) >= 11 is 0. The Morgan fingerprint density at radius 1 is 1.26 bits per heavy atom. The number of hydrogen-bond donors (Lipinski definition) is 1. The third-order valence-corrected chi connectivity index (χ3v) is 4.58. The van der Waals surface area contributed by atoms with Crippen molar-refractivity contribution in [3.8, 4) is 0 Å². The van der Waals surface area contributed by atoms with Crippen LogP contribution in [0.15, 0.2) is 0 Å². The second kappa shape index (κ2) is 5.12. The van der Waals surface area contributed by atoms with Crippen LogP contribution in [0.3, 0.4) is 0 Å². The first-order valence-electron chi connectivity index (χ1n) is 7.09. The highest BCUT2D eigenvalue weighted by atomic mass is 16.5. The van der Waals surface area contributed by atoms with E-state index in [1.807, 2.05) is 13.8 Å². The minimum atomic E-state index is -0.584. The molecule has 1 saturated carbocycles. The Morgan fingerprint density at radius 3 is 2.47 bits per heavy atom. The van der Waals surface area contributed by atoms with Gasteiger partial charge in [0.15, 0.2) is 0 Å². The molecule has 1 N–H and O–H groups in total. The summed E-state index contributed by atoms with van der Waals surface area (Å²) in [5.41, 5.74) is -0.860. The van der Waals surface area contributed by atoms with Gasteiger partial charge in [-0.1, -0.05) is 19.3 Å². The van der Waals surface area contributed by atoms with Crippen LogP contribution in [0.5, 0.6) is 0 Å². The predicted molar refractivity (Wildman–Crippen MR) is 71.8 cm³/mol. The van der Waals surface area contributed by atoms with Crippen molar-refractivity contribution >= 4 is 11.9 Å². The monoisotopic (exact) mass is 268 g/mol. The standard InChI is InChI=1S/C14H24N2O3/c1-13(2,19-3)9-10-16-12(18)15-11(17)14(16)7-5-4-6-8-14/h4-10H2,1-3H3,(H,15,17,18). The summed E-state index contributed by atoms with van der Waals surface area (Å²) in [7, 11) is 1.67. The lowest BCUT2D eigenvalue weighted by Gasteiger charge is -2.39. The number of ether oxygens (including phenoxy) is 1. The first kappa shape index (κ1) is 14.3. The molecule has 19 heavy (non-hydrogen) atoms. The van der Waals surface area contributed by atoms with Gasteiger partial charge < -0.3 is 9.64 Å². The predicted octanol–water partition coefficient (Wildman–Crippen LogP) is 2.06. The fraction of sp³-hybridized carbons (Fsp3) is 0.857. The third kappa shape index (κ3) is 2.61. The van der Waals surface area contributed by atoms with Gasteiger partial charge in [0.05, 0.1) is 5.60 Å². The van der Waals surface area contributed by atoms with Gasteiger partial charge in [-0.2, -0.15) is 0 Å². The van der Waals surface area contributed by atoms with E-state index in [-0.39, 0.29) is 17.5 Å². The lowest BCUT2D eigenvalue weighted by atomic mass is 9.80. The molecule has 3 amide bonds. The maximum absolute atomic E-state index is 12.2. The summed E-state index contributed by atoms with van der Waals surface area (Å²) in [5, 5.41) is 2.49. The second-order valence-corrected chi connectivity index (χ2v) is 6.22. The van der Waals surface area contributed by atoms with Crippen LogP contribution in [-0.4, -0.2) is 41.6 Å². The van der Waals surface area contributed by atoms with Crippen LogP contribution in [-0.2, 0) is 9.53 Å². The van der Waals surface area contributed by atoms with Crippen LogP contribution in [0.4, 0.5) is 4.79 Å². The number of imide groups is 1. The molecule has 2 fully saturated rings. The summed E-state index contributed by atoms with van der Waals surface area (Å²) in [6.45, 7) is 4.56. The molecule has 0 atom stereocenters. The zero-order valence-electron chi connectivity index (χ0n) is 12.1. The zero-order chi connectivity index (χ0) is 14.1. The van der Waals surface area contributed by atoms with Gasteiger partial charge in [-0.15, -0.1) is 0 Å². The van der Waals surface area contributed by atoms with Crippen molar-refractivity contribution in [3.05, 3.63) is 0 Å². The number of rotatable bonds is 4. The smallest absolute Gasteiger partial charge is 0.325 e. The molecule has 5 heteroatoms. The van der Waals surface area contributed by atoms with E-state index in [2.05, 4.69) is 5.32 Å². The number of nitrogens with zero attached hydrogens (tertiary/aromatic N) is 1. The lowest BCUT2D eigenvalue weighted by molar-refractivity contribution is -0.128. The summed E-state index contributed by atoms with van der Waals surface area (Å²) in [5.74, 6) is -0.104. The van der Waals surface area contributed by atoms with E-state index in [1.165, 1.54) is 0 Å². The Kier molecular flexibility index (Phi) is 3.85. The largest absolute Gasteiger partial charge is 0.379 e. The zero-order valence-corrected chi connectivity index (χ0v) is 12.1. The highest BCUT2D eigenvalue weighted by Crippen LogP contribution is 2.37. The quantitative estimate of drug-likeness (QED) is 0.794. The molecule has 1 aliphatic carbocycles. The normalized spacial score (nSPS) is 23.0. The average Bonchev–Trinajstić information content (AvgIpc) is 2.60. The summed E-state index contributed by atoms with van der Waals surface area (Å²) < 4.78 is 5.39. The van der Waals surface area contributed by atoms with Crippen LogP contribution in [0.1, 0.15) is 52.4 Å². The molecule has 0 aromatic carbocycles. The van der Waals surface area contributed by atoms with Gasteiger partial charge in [0.2, 0.25) is 0 Å². The summed E-state index contributed by atoms with van der Waals surface area (Å²) in [6, 6.07) is -0.237. The SMILES string of the molecule is COC(C)(C)CCN1C(=O)NC(=O)C12CCCCC2. The van der Waals surface area contributed by atoms with Gasteiger partial charge in [-0.05, 0) is 33.1 Å². The number of carbonyl (C=O) groups excluding carboxylic acids is 2. The third-order valence-electron chi connectivity index (χ3n) is 4.58. The molecule has 1 saturated heterocycles. The van der Waals surface area contributed by atoms with Crippen LogP contribution >= 0.6 is 0 Å². The molecule has 2 rings (SSSR count). The molecule has 2 aliphatic rings.